The first-order valence-corrected chi connectivity index (χ1v) is 6.70. The molecule has 0 saturated heterocycles. The maximum absolute atomic E-state index is 5.79. The molecule has 0 saturated carbocycles. The maximum Gasteiger partial charge on any atom is 1.00 e. The van der Waals surface area contributed by atoms with Crippen molar-refractivity contribution >= 4 is 47.3 Å². The molecule has 78 valence electrons. The van der Waals surface area contributed by atoms with Crippen LogP contribution in [0.1, 0.15) is 5.56 Å². The molecule has 0 radical (unpaired) electrons. The standard InChI is InChI=1S/C9H7ClN2S3.K/c10-7-3-1-6(2-4-7)5-14-9-12-11-8(13)15-9;/h1-4H,5H2,(H,11,13);/q;+1/p-1. The number of hydrogen-bond donors (Lipinski definition) is 0. The van der Waals surface area contributed by atoms with Gasteiger partial charge in [-0.05, 0) is 22.0 Å². The SMILES string of the molecule is [K+].[S-]c1nnc(SCc2ccc(Cl)cc2)s1. The van der Waals surface area contributed by atoms with Gasteiger partial charge in [0.25, 0.3) is 0 Å². The maximum atomic E-state index is 5.79. The van der Waals surface area contributed by atoms with Crippen LogP contribution in [0.5, 0.6) is 0 Å². The molecule has 0 aliphatic heterocycles. The van der Waals surface area contributed by atoms with Gasteiger partial charge in [-0.15, -0.1) is 11.8 Å². The zero-order chi connectivity index (χ0) is 10.7. The third kappa shape index (κ3) is 4.87. The average Bonchev–Trinajstić information content (AvgIpc) is 2.64. The van der Waals surface area contributed by atoms with Crippen LogP contribution >= 0.6 is 34.7 Å². The minimum atomic E-state index is 0. The number of benzene rings is 1. The van der Waals surface area contributed by atoms with Crippen molar-refractivity contribution < 1.29 is 51.4 Å². The molecule has 0 bridgehead atoms. The largest absolute Gasteiger partial charge is 1.00 e. The zero-order valence-corrected chi connectivity index (χ0v) is 14.8. The van der Waals surface area contributed by atoms with Gasteiger partial charge >= 0.3 is 51.4 Å². The van der Waals surface area contributed by atoms with Gasteiger partial charge in [0.1, 0.15) is 0 Å². The van der Waals surface area contributed by atoms with Crippen molar-refractivity contribution in [1.29, 1.82) is 0 Å². The van der Waals surface area contributed by atoms with Crippen molar-refractivity contribution in [2.75, 3.05) is 0 Å². The fourth-order valence-electron chi connectivity index (χ4n) is 0.981. The second kappa shape index (κ2) is 7.65. The predicted octanol–water partition coefficient (Wildman–Crippen LogP) is 0.394. The second-order valence-electron chi connectivity index (χ2n) is 2.75. The summed E-state index contributed by atoms with van der Waals surface area (Å²) in [5.41, 5.74) is 1.21. The quantitative estimate of drug-likeness (QED) is 0.465. The van der Waals surface area contributed by atoms with Gasteiger partial charge < -0.3 is 24.0 Å². The fourth-order valence-corrected chi connectivity index (χ4v) is 3.09. The number of nitrogens with zero attached hydrogens (tertiary/aromatic N) is 2. The number of thioether (sulfide) groups is 1. The van der Waals surface area contributed by atoms with E-state index in [9.17, 15) is 0 Å². The van der Waals surface area contributed by atoms with Gasteiger partial charge in [0, 0.05) is 10.8 Å². The van der Waals surface area contributed by atoms with E-state index in [1.54, 1.807) is 11.8 Å². The fraction of sp³-hybridized carbons (Fsp3) is 0.111. The average molecular weight is 313 g/mol. The van der Waals surface area contributed by atoms with E-state index in [4.69, 9.17) is 24.2 Å². The van der Waals surface area contributed by atoms with E-state index in [1.165, 1.54) is 16.9 Å². The molecule has 2 aromatic rings. The van der Waals surface area contributed by atoms with E-state index in [0.717, 1.165) is 15.1 Å². The van der Waals surface area contributed by atoms with Crippen LogP contribution in [0.15, 0.2) is 32.9 Å². The molecule has 0 atom stereocenters. The molecule has 7 heteroatoms. The molecule has 2 nitrogen and oxygen atoms in total. The van der Waals surface area contributed by atoms with Crippen LogP contribution < -0.4 is 51.4 Å². The molecular formula is C9H6ClKN2S3. The van der Waals surface area contributed by atoms with Crippen LogP contribution in [-0.2, 0) is 18.4 Å². The Morgan fingerprint density at radius 2 is 1.94 bits per heavy atom. The second-order valence-corrected chi connectivity index (χ2v) is 6.03. The summed E-state index contributed by atoms with van der Waals surface area (Å²) in [6.07, 6.45) is 0. The summed E-state index contributed by atoms with van der Waals surface area (Å²) >= 11 is 13.8. The minimum Gasteiger partial charge on any atom is -0.406 e. The van der Waals surface area contributed by atoms with Gasteiger partial charge in [0.15, 0.2) is 0 Å². The van der Waals surface area contributed by atoms with Gasteiger partial charge in [-0.1, -0.05) is 23.7 Å². The normalized spacial score (nSPS) is 9.81. The predicted molar refractivity (Wildman–Crippen MR) is 66.6 cm³/mol. The zero-order valence-electron chi connectivity index (χ0n) is 8.51. The third-order valence-corrected chi connectivity index (χ3v) is 4.17. The third-order valence-electron chi connectivity index (χ3n) is 1.66. The molecule has 1 aromatic carbocycles. The first kappa shape index (κ1) is 15.3. The summed E-state index contributed by atoms with van der Waals surface area (Å²) in [6, 6.07) is 7.78. The molecule has 1 aromatic heterocycles. The van der Waals surface area contributed by atoms with Crippen LogP contribution in [0, 0.1) is 0 Å². The molecule has 0 aliphatic carbocycles. The number of halogens is 1. The Labute approximate surface area is 155 Å². The number of hydrogen-bond acceptors (Lipinski definition) is 5. The summed E-state index contributed by atoms with van der Waals surface area (Å²) in [7, 11) is 0. The summed E-state index contributed by atoms with van der Waals surface area (Å²) in [6.45, 7) is 0. The van der Waals surface area contributed by atoms with Crippen molar-refractivity contribution in [3.05, 3.63) is 34.9 Å². The number of aromatic nitrogens is 2. The van der Waals surface area contributed by atoms with Gasteiger partial charge in [-0.2, -0.15) is 10.2 Å². The Hall–Kier alpha value is 1.28. The summed E-state index contributed by atoms with van der Waals surface area (Å²) in [5.74, 6) is 0.862. The topological polar surface area (TPSA) is 25.8 Å². The Bertz CT molecular complexity index is 446. The first-order valence-electron chi connectivity index (χ1n) is 4.12. The van der Waals surface area contributed by atoms with Gasteiger partial charge in [-0.25, -0.2) is 0 Å². The van der Waals surface area contributed by atoms with Crippen molar-refractivity contribution in [2.24, 2.45) is 0 Å². The Balaban J connectivity index is 0.00000128. The molecule has 0 amide bonds. The Morgan fingerprint density at radius 1 is 1.25 bits per heavy atom. The molecular weight excluding hydrogens is 307 g/mol. The van der Waals surface area contributed by atoms with Gasteiger partial charge in [0.2, 0.25) is 0 Å². The molecule has 0 fully saturated rings. The van der Waals surface area contributed by atoms with E-state index in [2.05, 4.69) is 10.2 Å². The van der Waals surface area contributed by atoms with Crippen molar-refractivity contribution in [3.63, 3.8) is 0 Å². The molecule has 0 N–H and O–H groups in total. The number of rotatable bonds is 3. The minimum absolute atomic E-state index is 0. The first-order chi connectivity index (χ1) is 7.24. The smallest absolute Gasteiger partial charge is 0.406 e. The molecule has 2 rings (SSSR count). The monoisotopic (exact) mass is 312 g/mol. The Morgan fingerprint density at radius 3 is 2.50 bits per heavy atom. The molecule has 1 heterocycles. The van der Waals surface area contributed by atoms with E-state index in [1.807, 2.05) is 24.3 Å². The summed E-state index contributed by atoms with van der Waals surface area (Å²) in [4.78, 5) is 0. The summed E-state index contributed by atoms with van der Waals surface area (Å²) in [5, 5.41) is 8.49. The van der Waals surface area contributed by atoms with Crippen molar-refractivity contribution in [1.82, 2.24) is 10.2 Å². The van der Waals surface area contributed by atoms with Gasteiger partial charge in [0.05, 0.1) is 4.34 Å². The van der Waals surface area contributed by atoms with Crippen molar-refractivity contribution in [2.45, 2.75) is 14.4 Å². The van der Waals surface area contributed by atoms with E-state index < -0.39 is 0 Å². The van der Waals surface area contributed by atoms with Crippen molar-refractivity contribution in [3.8, 4) is 0 Å². The molecule has 0 aliphatic rings. The van der Waals surface area contributed by atoms with E-state index >= 15 is 0 Å². The Kier molecular flexibility index (Phi) is 7.34. The van der Waals surface area contributed by atoms with E-state index in [-0.39, 0.29) is 51.4 Å². The molecule has 16 heavy (non-hydrogen) atoms. The van der Waals surface area contributed by atoms with Crippen LogP contribution in [0.25, 0.3) is 0 Å². The van der Waals surface area contributed by atoms with Crippen LogP contribution in [0.2, 0.25) is 5.02 Å². The van der Waals surface area contributed by atoms with Crippen LogP contribution in [0.4, 0.5) is 0 Å². The van der Waals surface area contributed by atoms with Crippen LogP contribution in [0.3, 0.4) is 0 Å². The molecule has 0 unspecified atom stereocenters. The van der Waals surface area contributed by atoms with Gasteiger partial charge in [-0.3, -0.25) is 0 Å². The molecule has 0 spiro atoms. The van der Waals surface area contributed by atoms with E-state index in [0.29, 0.717) is 4.34 Å². The van der Waals surface area contributed by atoms with Crippen LogP contribution in [-0.4, -0.2) is 10.2 Å². The summed E-state index contributed by atoms with van der Waals surface area (Å²) < 4.78 is 1.50.